The number of aliphatic hydroxyl groups excluding tert-OH is 1. The third kappa shape index (κ3) is 8.51. The highest BCUT2D eigenvalue weighted by atomic mass is 19.4. The Labute approximate surface area is 205 Å². The molecule has 0 fully saturated rings. The van der Waals surface area contributed by atoms with Crippen LogP contribution >= 0.6 is 0 Å². The van der Waals surface area contributed by atoms with E-state index in [1.807, 2.05) is 29.1 Å². The molecule has 8 nitrogen and oxygen atoms in total. The van der Waals surface area contributed by atoms with Gasteiger partial charge in [0.1, 0.15) is 23.8 Å². The molecule has 0 saturated carbocycles. The van der Waals surface area contributed by atoms with Gasteiger partial charge in [-0.05, 0) is 60.2 Å². The lowest BCUT2D eigenvalue weighted by atomic mass is 10.1. The Kier molecular flexibility index (Phi) is 9.12. The number of aromatic nitrogens is 1. The van der Waals surface area contributed by atoms with Crippen molar-refractivity contribution in [2.24, 2.45) is 0 Å². The van der Waals surface area contributed by atoms with Crippen molar-refractivity contribution < 1.29 is 37.3 Å². The molecular weight excluding hydrogens is 479 g/mol. The Morgan fingerprint density at radius 3 is 2.22 bits per heavy atom. The average molecular weight is 503 g/mol. The van der Waals surface area contributed by atoms with Crippen LogP contribution in [0.1, 0.15) is 15.9 Å². The minimum atomic E-state index is -4.83. The number of rotatable bonds is 11. The fourth-order valence-corrected chi connectivity index (χ4v) is 3.04. The van der Waals surface area contributed by atoms with Crippen LogP contribution in [-0.4, -0.2) is 47.6 Å². The summed E-state index contributed by atoms with van der Waals surface area (Å²) < 4.78 is 48.5. The Morgan fingerprint density at radius 1 is 0.972 bits per heavy atom. The first kappa shape index (κ1) is 26.4. The zero-order chi connectivity index (χ0) is 26.0. The molecule has 0 aliphatic carbocycles. The van der Waals surface area contributed by atoms with E-state index in [2.05, 4.69) is 15.4 Å². The van der Waals surface area contributed by atoms with Crippen molar-refractivity contribution in [1.82, 2.24) is 15.2 Å². The van der Waals surface area contributed by atoms with Gasteiger partial charge in [0.25, 0.3) is 11.8 Å². The average Bonchev–Trinajstić information content (AvgIpc) is 3.36. The molecule has 0 spiro atoms. The van der Waals surface area contributed by atoms with Gasteiger partial charge in [-0.2, -0.15) is 0 Å². The molecule has 1 heterocycles. The number of nitrogens with one attached hydrogen (secondary N) is 2. The molecule has 0 aliphatic rings. The molecule has 0 radical (unpaired) electrons. The van der Waals surface area contributed by atoms with Gasteiger partial charge in [-0.1, -0.05) is 12.1 Å². The van der Waals surface area contributed by atoms with Gasteiger partial charge in [0.05, 0.1) is 13.2 Å². The van der Waals surface area contributed by atoms with Crippen molar-refractivity contribution >= 4 is 17.9 Å². The Bertz CT molecular complexity index is 1160. The quantitative estimate of drug-likeness (QED) is 0.349. The molecule has 0 aliphatic heterocycles. The van der Waals surface area contributed by atoms with Crippen LogP contribution in [0, 0.1) is 0 Å². The van der Waals surface area contributed by atoms with E-state index in [4.69, 9.17) is 9.84 Å². The summed E-state index contributed by atoms with van der Waals surface area (Å²) in [6.07, 6.45) is 0.303. The van der Waals surface area contributed by atoms with Crippen molar-refractivity contribution in [3.05, 3.63) is 89.9 Å². The molecule has 2 aromatic carbocycles. The van der Waals surface area contributed by atoms with Gasteiger partial charge < -0.3 is 29.8 Å². The highest BCUT2D eigenvalue weighted by molar-refractivity contribution is 6.05. The summed E-state index contributed by atoms with van der Waals surface area (Å²) in [7, 11) is 0. The lowest BCUT2D eigenvalue weighted by Gasteiger charge is -2.12. The number of carbonyl (C=O) groups is 2. The molecule has 0 unspecified atom stereocenters. The summed E-state index contributed by atoms with van der Waals surface area (Å²) in [6.45, 7) is 0.724. The van der Waals surface area contributed by atoms with Crippen molar-refractivity contribution in [2.75, 3.05) is 19.8 Å². The van der Waals surface area contributed by atoms with Crippen LogP contribution < -0.4 is 20.1 Å². The summed E-state index contributed by atoms with van der Waals surface area (Å²) in [5.74, 6) is -1.13. The molecule has 0 saturated heterocycles. The highest BCUT2D eigenvalue weighted by Crippen LogP contribution is 2.23. The zero-order valence-electron chi connectivity index (χ0n) is 19.0. The number of hydrogen-bond acceptors (Lipinski definition) is 5. The van der Waals surface area contributed by atoms with Crippen LogP contribution in [0.15, 0.2) is 78.8 Å². The van der Waals surface area contributed by atoms with Crippen molar-refractivity contribution in [3.63, 3.8) is 0 Å². The first-order valence-corrected chi connectivity index (χ1v) is 10.8. The molecule has 190 valence electrons. The number of amides is 2. The second kappa shape index (κ2) is 12.5. The van der Waals surface area contributed by atoms with E-state index < -0.39 is 23.9 Å². The third-order valence-corrected chi connectivity index (χ3v) is 4.72. The first-order valence-electron chi connectivity index (χ1n) is 10.8. The molecule has 3 rings (SSSR count). The molecule has 11 heteroatoms. The highest BCUT2D eigenvalue weighted by Gasteiger charge is 2.30. The van der Waals surface area contributed by atoms with E-state index in [-0.39, 0.29) is 24.4 Å². The normalized spacial score (nSPS) is 11.6. The van der Waals surface area contributed by atoms with Gasteiger partial charge in [-0.3, -0.25) is 9.59 Å². The van der Waals surface area contributed by atoms with Gasteiger partial charge in [0.2, 0.25) is 0 Å². The molecular formula is C25H24F3N3O5. The number of carbonyl (C=O) groups excluding carboxylic acids is 2. The van der Waals surface area contributed by atoms with Crippen LogP contribution in [0.2, 0.25) is 0 Å². The maximum atomic E-state index is 12.7. The van der Waals surface area contributed by atoms with Crippen LogP contribution in [-0.2, 0) is 11.3 Å². The van der Waals surface area contributed by atoms with Crippen LogP contribution in [0.3, 0.4) is 0 Å². The van der Waals surface area contributed by atoms with Crippen molar-refractivity contribution in [1.29, 1.82) is 0 Å². The predicted octanol–water partition coefficient (Wildman–Crippen LogP) is 3.35. The lowest BCUT2D eigenvalue weighted by Crippen LogP contribution is -2.36. The predicted molar refractivity (Wildman–Crippen MR) is 125 cm³/mol. The van der Waals surface area contributed by atoms with E-state index in [1.165, 1.54) is 30.3 Å². The Morgan fingerprint density at radius 2 is 1.61 bits per heavy atom. The van der Waals surface area contributed by atoms with Crippen LogP contribution in [0.5, 0.6) is 11.5 Å². The molecule has 3 N–H and O–H groups in total. The SMILES string of the molecule is O=C(NCCO)/C(=C\c1ccc(OC(F)(F)F)cc1)NC(=O)c1ccc(OCCn2cccc2)cc1. The molecule has 3 aromatic rings. The largest absolute Gasteiger partial charge is 0.573 e. The maximum absolute atomic E-state index is 12.7. The number of nitrogens with zero attached hydrogens (tertiary/aromatic N) is 1. The monoisotopic (exact) mass is 503 g/mol. The van der Waals surface area contributed by atoms with Gasteiger partial charge >= 0.3 is 6.36 Å². The summed E-state index contributed by atoms with van der Waals surface area (Å²) >= 11 is 0. The molecule has 0 bridgehead atoms. The zero-order valence-corrected chi connectivity index (χ0v) is 19.0. The Balaban J connectivity index is 1.67. The van der Waals surface area contributed by atoms with E-state index in [9.17, 15) is 22.8 Å². The topological polar surface area (TPSA) is 102 Å². The second-order valence-electron chi connectivity index (χ2n) is 7.40. The van der Waals surface area contributed by atoms with Crippen molar-refractivity contribution in [2.45, 2.75) is 12.9 Å². The molecule has 36 heavy (non-hydrogen) atoms. The Hall–Kier alpha value is -4.25. The minimum Gasteiger partial charge on any atom is -0.492 e. The first-order chi connectivity index (χ1) is 17.2. The molecule has 2 amide bonds. The second-order valence-corrected chi connectivity index (χ2v) is 7.40. The number of aliphatic hydroxyl groups is 1. The fourth-order valence-electron chi connectivity index (χ4n) is 3.04. The van der Waals surface area contributed by atoms with Gasteiger partial charge in [-0.15, -0.1) is 13.2 Å². The molecule has 1 aromatic heterocycles. The number of halogens is 3. The summed E-state index contributed by atoms with van der Waals surface area (Å²) in [6, 6.07) is 14.9. The maximum Gasteiger partial charge on any atom is 0.573 e. The van der Waals surface area contributed by atoms with Gasteiger partial charge in [0, 0.05) is 24.5 Å². The van der Waals surface area contributed by atoms with Crippen LogP contribution in [0.25, 0.3) is 6.08 Å². The fraction of sp³-hybridized carbons (Fsp3) is 0.200. The van der Waals surface area contributed by atoms with E-state index in [1.54, 1.807) is 12.1 Å². The van der Waals surface area contributed by atoms with E-state index in [0.717, 1.165) is 12.1 Å². The van der Waals surface area contributed by atoms with E-state index >= 15 is 0 Å². The van der Waals surface area contributed by atoms with Gasteiger partial charge in [-0.25, -0.2) is 0 Å². The number of alkyl halides is 3. The van der Waals surface area contributed by atoms with Crippen LogP contribution in [0.4, 0.5) is 13.2 Å². The lowest BCUT2D eigenvalue weighted by molar-refractivity contribution is -0.274. The molecule has 0 atom stereocenters. The van der Waals surface area contributed by atoms with Gasteiger partial charge in [0.15, 0.2) is 0 Å². The standard InChI is InChI=1S/C25H24F3N3O5/c26-25(27,28)36-21-7-3-18(4-8-21)17-22(24(34)29-11-15-32)30-23(33)19-5-9-20(10-6-19)35-16-14-31-12-1-2-13-31/h1-10,12-13,17,32H,11,14-16H2,(H,29,34)(H,30,33)/b22-17+. The van der Waals surface area contributed by atoms with E-state index in [0.29, 0.717) is 24.5 Å². The summed E-state index contributed by atoms with van der Waals surface area (Å²) in [5, 5.41) is 13.9. The smallest absolute Gasteiger partial charge is 0.492 e. The minimum absolute atomic E-state index is 0.0561. The summed E-state index contributed by atoms with van der Waals surface area (Å²) in [5.41, 5.74) is 0.429. The van der Waals surface area contributed by atoms with Crippen molar-refractivity contribution in [3.8, 4) is 11.5 Å². The third-order valence-electron chi connectivity index (χ3n) is 4.72. The number of hydrogen-bond donors (Lipinski definition) is 3. The summed E-state index contributed by atoms with van der Waals surface area (Å²) in [4.78, 5) is 25.2. The number of ether oxygens (including phenoxy) is 2. The number of benzene rings is 2.